The van der Waals surface area contributed by atoms with Crippen LogP contribution in [0.15, 0.2) is 40.8 Å². The molecule has 3 saturated heterocycles. The van der Waals surface area contributed by atoms with Gasteiger partial charge in [0.1, 0.15) is 22.8 Å². The fourth-order valence-electron chi connectivity index (χ4n) is 5.52. The van der Waals surface area contributed by atoms with Gasteiger partial charge < -0.3 is 14.4 Å². The quantitative estimate of drug-likeness (QED) is 0.921. The number of carbonyl (C=O) groups is 1. The van der Waals surface area contributed by atoms with Crippen molar-refractivity contribution >= 4 is 5.91 Å². The molecule has 3 aliphatic rings. The molecule has 136 valence electrons. The second-order valence-electron chi connectivity index (χ2n) is 7.96. The minimum Gasteiger partial charge on any atom is -0.508 e. The summed E-state index contributed by atoms with van der Waals surface area (Å²) in [4.78, 5) is 17.8. The lowest BCUT2D eigenvalue weighted by atomic mass is 9.85. The predicted molar refractivity (Wildman–Crippen MR) is 96.5 cm³/mol. The Kier molecular flexibility index (Phi) is 3.44. The van der Waals surface area contributed by atoms with Gasteiger partial charge in [-0.15, -0.1) is 0 Å². The molecule has 1 amide bonds. The topological polar surface area (TPSA) is 56.9 Å². The number of phenols is 1. The maximum atomic E-state index is 13.4. The van der Waals surface area contributed by atoms with E-state index in [0.29, 0.717) is 18.2 Å². The van der Waals surface area contributed by atoms with Gasteiger partial charge in [-0.25, -0.2) is 0 Å². The molecule has 0 saturated carbocycles. The highest BCUT2D eigenvalue weighted by Crippen LogP contribution is 2.56. The van der Waals surface area contributed by atoms with Crippen LogP contribution < -0.4 is 0 Å². The van der Waals surface area contributed by atoms with Crippen LogP contribution in [0, 0.1) is 12.8 Å². The molecule has 0 radical (unpaired) electrons. The summed E-state index contributed by atoms with van der Waals surface area (Å²) in [5.41, 5.74) is 0.777. The minimum atomic E-state index is -0.349. The van der Waals surface area contributed by atoms with Crippen LogP contribution in [0.4, 0.5) is 0 Å². The van der Waals surface area contributed by atoms with Gasteiger partial charge in [-0.2, -0.15) is 0 Å². The van der Waals surface area contributed by atoms with Gasteiger partial charge in [0.2, 0.25) is 5.91 Å². The summed E-state index contributed by atoms with van der Waals surface area (Å²) in [5, 5.41) is 9.87. The van der Waals surface area contributed by atoms with Crippen molar-refractivity contribution in [2.75, 3.05) is 13.1 Å². The molecule has 0 bridgehead atoms. The fourth-order valence-corrected chi connectivity index (χ4v) is 5.52. The highest BCUT2D eigenvalue weighted by atomic mass is 16.3. The second-order valence-corrected chi connectivity index (χ2v) is 7.96. The van der Waals surface area contributed by atoms with E-state index in [1.165, 1.54) is 0 Å². The van der Waals surface area contributed by atoms with E-state index in [-0.39, 0.29) is 17.5 Å². The third kappa shape index (κ3) is 2.16. The van der Waals surface area contributed by atoms with Crippen LogP contribution in [0.25, 0.3) is 0 Å². The first-order chi connectivity index (χ1) is 12.6. The number of aryl methyl sites for hydroxylation is 1. The van der Waals surface area contributed by atoms with E-state index in [9.17, 15) is 9.90 Å². The van der Waals surface area contributed by atoms with Crippen molar-refractivity contribution in [3.05, 3.63) is 53.5 Å². The molecule has 1 aromatic heterocycles. The number of amides is 1. The summed E-state index contributed by atoms with van der Waals surface area (Å²) in [6, 6.07) is 11.7. The van der Waals surface area contributed by atoms with E-state index in [1.807, 2.05) is 36.1 Å². The molecular formula is C21H24N2O3. The molecule has 1 spiro atoms. The number of hydrogen-bond acceptors (Lipinski definition) is 4. The molecule has 1 N–H and O–H groups in total. The average Bonchev–Trinajstić information content (AvgIpc) is 3.33. The molecule has 5 rings (SSSR count). The first kappa shape index (κ1) is 15.9. The molecule has 3 aliphatic heterocycles. The van der Waals surface area contributed by atoms with E-state index >= 15 is 0 Å². The highest BCUT2D eigenvalue weighted by molar-refractivity contribution is 5.90. The number of nitrogens with zero attached hydrogens (tertiary/aromatic N) is 2. The third-order valence-electron chi connectivity index (χ3n) is 6.52. The lowest BCUT2D eigenvalue weighted by Crippen LogP contribution is -2.49. The van der Waals surface area contributed by atoms with Gasteiger partial charge >= 0.3 is 0 Å². The Hall–Kier alpha value is -2.27. The van der Waals surface area contributed by atoms with Crippen molar-refractivity contribution in [1.82, 2.24) is 9.80 Å². The second kappa shape index (κ2) is 5.61. The molecule has 5 nitrogen and oxygen atoms in total. The summed E-state index contributed by atoms with van der Waals surface area (Å²) in [6.07, 6.45) is 2.98. The summed E-state index contributed by atoms with van der Waals surface area (Å²) in [5.74, 6) is 2.66. The number of hydrogen-bond donors (Lipinski definition) is 1. The summed E-state index contributed by atoms with van der Waals surface area (Å²) >= 11 is 0. The molecular weight excluding hydrogens is 328 g/mol. The van der Waals surface area contributed by atoms with E-state index < -0.39 is 0 Å². The predicted octanol–water partition coefficient (Wildman–Crippen LogP) is 3.23. The summed E-state index contributed by atoms with van der Waals surface area (Å²) in [7, 11) is 0. The van der Waals surface area contributed by atoms with E-state index in [1.54, 1.807) is 6.07 Å². The molecule has 0 aliphatic carbocycles. The molecule has 2 aromatic rings. The SMILES string of the molecule is Cc1ccc(CN2C[C@@H]3C[C@@H](c4cccc(O)c4)N4CCC[C@@]34C2=O)o1. The van der Waals surface area contributed by atoms with Gasteiger partial charge in [0.15, 0.2) is 0 Å². The third-order valence-corrected chi connectivity index (χ3v) is 6.52. The largest absolute Gasteiger partial charge is 0.508 e. The number of benzene rings is 1. The van der Waals surface area contributed by atoms with Crippen molar-refractivity contribution in [3.8, 4) is 5.75 Å². The summed E-state index contributed by atoms with van der Waals surface area (Å²) < 4.78 is 5.69. The first-order valence-corrected chi connectivity index (χ1v) is 9.48. The van der Waals surface area contributed by atoms with Crippen LogP contribution in [0.1, 0.15) is 42.4 Å². The van der Waals surface area contributed by atoms with Gasteiger partial charge in [0, 0.05) is 18.5 Å². The number of carbonyl (C=O) groups excluding carboxylic acids is 1. The van der Waals surface area contributed by atoms with Crippen LogP contribution in [0.3, 0.4) is 0 Å². The zero-order valence-corrected chi connectivity index (χ0v) is 15.0. The molecule has 1 aromatic carbocycles. The standard InChI is InChI=1S/C21H24N2O3/c1-14-6-7-18(26-14)13-22-12-16-11-19(15-4-2-5-17(24)10-15)23-9-3-8-21(16,23)20(22)25/h2,4-7,10,16,19,24H,3,8-9,11-13H2,1H3/t16-,19-,21-/m0/s1. The van der Waals surface area contributed by atoms with Crippen molar-refractivity contribution in [2.45, 2.75) is 44.3 Å². The maximum Gasteiger partial charge on any atom is 0.243 e. The van der Waals surface area contributed by atoms with Crippen LogP contribution in [-0.2, 0) is 11.3 Å². The Bertz CT molecular complexity index is 860. The highest BCUT2D eigenvalue weighted by Gasteiger charge is 2.65. The summed E-state index contributed by atoms with van der Waals surface area (Å²) in [6.45, 7) is 4.25. The van der Waals surface area contributed by atoms with Crippen LogP contribution in [-0.4, -0.2) is 39.4 Å². The number of aromatic hydroxyl groups is 1. The number of likely N-dealkylation sites (tertiary alicyclic amines) is 1. The van der Waals surface area contributed by atoms with Crippen LogP contribution >= 0.6 is 0 Å². The lowest BCUT2D eigenvalue weighted by Gasteiger charge is -2.33. The monoisotopic (exact) mass is 352 g/mol. The van der Waals surface area contributed by atoms with Gasteiger partial charge in [-0.3, -0.25) is 9.69 Å². The molecule has 0 unspecified atom stereocenters. The van der Waals surface area contributed by atoms with Gasteiger partial charge in [-0.05, 0) is 62.6 Å². The van der Waals surface area contributed by atoms with Gasteiger partial charge in [0.05, 0.1) is 6.54 Å². The number of rotatable bonds is 3. The first-order valence-electron chi connectivity index (χ1n) is 9.48. The molecule has 3 fully saturated rings. The minimum absolute atomic E-state index is 0.228. The lowest BCUT2D eigenvalue weighted by molar-refractivity contribution is -0.137. The normalized spacial score (nSPS) is 30.8. The average molecular weight is 352 g/mol. The Morgan fingerprint density at radius 2 is 2.19 bits per heavy atom. The Balaban J connectivity index is 1.44. The van der Waals surface area contributed by atoms with Crippen LogP contribution in [0.2, 0.25) is 0 Å². The maximum absolute atomic E-state index is 13.4. The van der Waals surface area contributed by atoms with Crippen molar-refractivity contribution in [2.24, 2.45) is 5.92 Å². The number of phenolic OH excluding ortho intramolecular Hbond substituents is 1. The smallest absolute Gasteiger partial charge is 0.243 e. The van der Waals surface area contributed by atoms with E-state index in [0.717, 1.165) is 49.4 Å². The molecule has 5 heteroatoms. The van der Waals surface area contributed by atoms with E-state index in [2.05, 4.69) is 11.0 Å². The van der Waals surface area contributed by atoms with Crippen LogP contribution in [0.5, 0.6) is 5.75 Å². The van der Waals surface area contributed by atoms with Crippen molar-refractivity contribution in [3.63, 3.8) is 0 Å². The molecule has 3 atom stereocenters. The van der Waals surface area contributed by atoms with Crippen molar-refractivity contribution < 1.29 is 14.3 Å². The fraction of sp³-hybridized carbons (Fsp3) is 0.476. The Morgan fingerprint density at radius 1 is 1.31 bits per heavy atom. The van der Waals surface area contributed by atoms with Crippen molar-refractivity contribution in [1.29, 1.82) is 0 Å². The Morgan fingerprint density at radius 3 is 2.96 bits per heavy atom. The Labute approximate surface area is 153 Å². The van der Waals surface area contributed by atoms with Gasteiger partial charge in [-0.1, -0.05) is 12.1 Å². The number of furan rings is 1. The zero-order chi connectivity index (χ0) is 17.9. The van der Waals surface area contributed by atoms with Gasteiger partial charge in [0.25, 0.3) is 0 Å². The molecule has 4 heterocycles. The zero-order valence-electron chi connectivity index (χ0n) is 15.0. The molecule has 26 heavy (non-hydrogen) atoms. The van der Waals surface area contributed by atoms with E-state index in [4.69, 9.17) is 4.42 Å².